The number of methoxy groups -OCH3 is 1. The fourth-order valence-electron chi connectivity index (χ4n) is 2.30. The van der Waals surface area contributed by atoms with Crippen molar-refractivity contribution >= 4 is 11.6 Å². The van der Waals surface area contributed by atoms with Gasteiger partial charge in [0.15, 0.2) is 0 Å². The number of carbonyl (C=O) groups excluding carboxylic acids is 1. The van der Waals surface area contributed by atoms with Crippen molar-refractivity contribution in [2.45, 2.75) is 32.4 Å². The first kappa shape index (κ1) is 12.8. The van der Waals surface area contributed by atoms with Gasteiger partial charge in [-0.05, 0) is 18.6 Å². The number of hydrogen-bond acceptors (Lipinski definition) is 4. The van der Waals surface area contributed by atoms with Gasteiger partial charge in [0.2, 0.25) is 0 Å². The Hall–Kier alpha value is -1.62. The first-order chi connectivity index (χ1) is 8.45. The zero-order valence-electron chi connectivity index (χ0n) is 10.9. The molecular formula is C13H19N3O2. The molecule has 1 aliphatic carbocycles. The molecule has 0 radical (unpaired) electrons. The Labute approximate surface area is 107 Å². The molecule has 1 aromatic heterocycles. The summed E-state index contributed by atoms with van der Waals surface area (Å²) in [6.07, 6.45) is 2.52. The van der Waals surface area contributed by atoms with Gasteiger partial charge in [0.05, 0.1) is 18.0 Å². The minimum absolute atomic E-state index is 0.0434. The van der Waals surface area contributed by atoms with Crippen molar-refractivity contribution in [2.75, 3.05) is 12.8 Å². The Morgan fingerprint density at radius 1 is 1.56 bits per heavy atom. The number of nitrogens with one attached hydrogen (secondary N) is 1. The highest BCUT2D eigenvalue weighted by atomic mass is 16.5. The van der Waals surface area contributed by atoms with Crippen LogP contribution in [-0.2, 0) is 4.74 Å². The minimum atomic E-state index is -0.164. The number of pyridine rings is 1. The normalized spacial score (nSPS) is 25.3. The van der Waals surface area contributed by atoms with E-state index in [1.165, 1.54) is 6.20 Å². The lowest BCUT2D eigenvalue weighted by Crippen LogP contribution is -2.61. The van der Waals surface area contributed by atoms with E-state index < -0.39 is 0 Å². The van der Waals surface area contributed by atoms with Crippen LogP contribution in [0.2, 0.25) is 0 Å². The summed E-state index contributed by atoms with van der Waals surface area (Å²) < 4.78 is 5.35. The number of nitrogens with zero attached hydrogens (tertiary/aromatic N) is 1. The summed E-state index contributed by atoms with van der Waals surface area (Å²) in [7, 11) is 1.70. The van der Waals surface area contributed by atoms with E-state index in [1.54, 1.807) is 19.2 Å². The van der Waals surface area contributed by atoms with Gasteiger partial charge in [-0.2, -0.15) is 0 Å². The van der Waals surface area contributed by atoms with Gasteiger partial charge in [0.25, 0.3) is 5.91 Å². The van der Waals surface area contributed by atoms with E-state index in [2.05, 4.69) is 24.1 Å². The van der Waals surface area contributed by atoms with E-state index in [9.17, 15) is 4.79 Å². The van der Waals surface area contributed by atoms with Crippen LogP contribution in [-0.4, -0.2) is 30.1 Å². The molecule has 98 valence electrons. The largest absolute Gasteiger partial charge is 0.397 e. The van der Waals surface area contributed by atoms with Crippen molar-refractivity contribution in [1.82, 2.24) is 10.3 Å². The monoisotopic (exact) mass is 249 g/mol. The maximum absolute atomic E-state index is 12.0. The molecule has 1 fully saturated rings. The summed E-state index contributed by atoms with van der Waals surface area (Å²) in [4.78, 5) is 16.0. The minimum Gasteiger partial charge on any atom is -0.397 e. The number of nitrogens with two attached hydrogens (primary N) is 1. The van der Waals surface area contributed by atoms with Gasteiger partial charge in [0.1, 0.15) is 5.69 Å². The van der Waals surface area contributed by atoms with Gasteiger partial charge < -0.3 is 15.8 Å². The highest BCUT2D eigenvalue weighted by molar-refractivity contribution is 5.92. The maximum Gasteiger partial charge on any atom is 0.270 e. The quantitative estimate of drug-likeness (QED) is 0.844. The first-order valence-corrected chi connectivity index (χ1v) is 6.00. The Morgan fingerprint density at radius 2 is 2.28 bits per heavy atom. The second-order valence-corrected chi connectivity index (χ2v) is 5.28. The second-order valence-electron chi connectivity index (χ2n) is 5.28. The zero-order valence-corrected chi connectivity index (χ0v) is 10.9. The van der Waals surface area contributed by atoms with E-state index in [0.29, 0.717) is 11.4 Å². The molecule has 3 N–H and O–H groups in total. The van der Waals surface area contributed by atoms with Crippen LogP contribution in [0.4, 0.5) is 5.69 Å². The van der Waals surface area contributed by atoms with E-state index in [4.69, 9.17) is 10.5 Å². The molecule has 0 spiro atoms. The predicted molar refractivity (Wildman–Crippen MR) is 69.1 cm³/mol. The van der Waals surface area contributed by atoms with Crippen molar-refractivity contribution in [1.29, 1.82) is 0 Å². The molecule has 5 nitrogen and oxygen atoms in total. The van der Waals surface area contributed by atoms with Gasteiger partial charge in [0, 0.05) is 18.6 Å². The first-order valence-electron chi connectivity index (χ1n) is 6.00. The third-order valence-electron chi connectivity index (χ3n) is 3.79. The summed E-state index contributed by atoms with van der Waals surface area (Å²) >= 11 is 0. The molecule has 2 atom stereocenters. The number of amides is 1. The van der Waals surface area contributed by atoms with Crippen LogP contribution in [0.25, 0.3) is 0 Å². The number of rotatable bonds is 3. The molecule has 1 amide bonds. The Balaban J connectivity index is 1.99. The Morgan fingerprint density at radius 3 is 2.78 bits per heavy atom. The van der Waals surface area contributed by atoms with Crippen molar-refractivity contribution < 1.29 is 9.53 Å². The van der Waals surface area contributed by atoms with Crippen LogP contribution in [0, 0.1) is 5.41 Å². The van der Waals surface area contributed by atoms with Gasteiger partial charge in [-0.15, -0.1) is 0 Å². The lowest BCUT2D eigenvalue weighted by atomic mass is 9.64. The van der Waals surface area contributed by atoms with Gasteiger partial charge in [-0.3, -0.25) is 4.79 Å². The molecule has 1 aromatic rings. The lowest BCUT2D eigenvalue weighted by Gasteiger charge is -2.51. The predicted octanol–water partition coefficient (Wildman–Crippen LogP) is 1.21. The highest BCUT2D eigenvalue weighted by Crippen LogP contribution is 2.42. The fraction of sp³-hybridized carbons (Fsp3) is 0.538. The Kier molecular flexibility index (Phi) is 3.26. The number of hydrogen-bond donors (Lipinski definition) is 2. The molecule has 2 rings (SSSR count). The summed E-state index contributed by atoms with van der Waals surface area (Å²) in [5.74, 6) is -0.164. The van der Waals surface area contributed by atoms with Crippen molar-refractivity contribution in [3.63, 3.8) is 0 Å². The smallest absolute Gasteiger partial charge is 0.270 e. The van der Waals surface area contributed by atoms with E-state index >= 15 is 0 Å². The number of carbonyl (C=O) groups is 1. The average Bonchev–Trinajstić information content (AvgIpc) is 2.34. The van der Waals surface area contributed by atoms with Crippen LogP contribution in [0.5, 0.6) is 0 Å². The number of ether oxygens (including phenoxy) is 1. The van der Waals surface area contributed by atoms with Crippen molar-refractivity contribution in [3.05, 3.63) is 24.0 Å². The molecule has 0 bridgehead atoms. The molecule has 0 saturated heterocycles. The van der Waals surface area contributed by atoms with Crippen LogP contribution in [0.1, 0.15) is 30.8 Å². The number of aromatic nitrogens is 1. The highest BCUT2D eigenvalue weighted by Gasteiger charge is 2.49. The van der Waals surface area contributed by atoms with E-state index in [-0.39, 0.29) is 23.5 Å². The molecule has 18 heavy (non-hydrogen) atoms. The molecule has 2 unspecified atom stereocenters. The molecule has 0 aromatic carbocycles. The topological polar surface area (TPSA) is 77.2 Å². The van der Waals surface area contributed by atoms with E-state index in [1.807, 2.05) is 0 Å². The average molecular weight is 249 g/mol. The Bertz CT molecular complexity index is 442. The number of anilines is 1. The molecule has 0 aliphatic heterocycles. The molecule has 1 heterocycles. The lowest BCUT2D eigenvalue weighted by molar-refractivity contribution is -0.0942. The van der Waals surface area contributed by atoms with Gasteiger partial charge in [-0.25, -0.2) is 4.98 Å². The van der Waals surface area contributed by atoms with E-state index in [0.717, 1.165) is 6.42 Å². The van der Waals surface area contributed by atoms with Crippen molar-refractivity contribution in [2.24, 2.45) is 5.41 Å². The molecular weight excluding hydrogens is 230 g/mol. The van der Waals surface area contributed by atoms with Crippen LogP contribution >= 0.6 is 0 Å². The van der Waals surface area contributed by atoms with Gasteiger partial charge in [-0.1, -0.05) is 13.8 Å². The fourth-order valence-corrected chi connectivity index (χ4v) is 2.30. The molecule has 1 aliphatic rings. The zero-order chi connectivity index (χ0) is 13.3. The molecule has 1 saturated carbocycles. The standard InChI is InChI=1S/C13H19N3O2/c1-13(2)10(6-11(13)18-3)16-12(17)9-5-4-8(14)7-15-9/h4-5,7,10-11H,6,14H2,1-3H3,(H,16,17). The summed E-state index contributed by atoms with van der Waals surface area (Å²) in [5.41, 5.74) is 6.43. The summed E-state index contributed by atoms with van der Waals surface area (Å²) in [6, 6.07) is 3.42. The summed E-state index contributed by atoms with van der Waals surface area (Å²) in [5, 5.41) is 2.98. The van der Waals surface area contributed by atoms with Gasteiger partial charge >= 0.3 is 0 Å². The summed E-state index contributed by atoms with van der Waals surface area (Å²) in [6.45, 7) is 4.18. The SMILES string of the molecule is COC1CC(NC(=O)c2ccc(N)cn2)C1(C)C. The third-order valence-corrected chi connectivity index (χ3v) is 3.79. The van der Waals surface area contributed by atoms with Crippen LogP contribution in [0.15, 0.2) is 18.3 Å². The second kappa shape index (κ2) is 4.57. The van der Waals surface area contributed by atoms with Crippen LogP contribution in [0.3, 0.4) is 0 Å². The van der Waals surface area contributed by atoms with Crippen LogP contribution < -0.4 is 11.1 Å². The number of nitrogen functional groups attached to an aromatic ring is 1. The van der Waals surface area contributed by atoms with Crippen molar-refractivity contribution in [3.8, 4) is 0 Å². The maximum atomic E-state index is 12.0. The third kappa shape index (κ3) is 2.18. The molecule has 5 heteroatoms.